The third-order valence-corrected chi connectivity index (χ3v) is 4.42. The van der Waals surface area contributed by atoms with Crippen LogP contribution in [0.4, 0.5) is 0 Å². The average molecular weight is 320 g/mol. The normalized spacial score (nSPS) is 17.9. The molecule has 24 heavy (non-hydrogen) atoms. The summed E-state index contributed by atoms with van der Waals surface area (Å²) in [6.45, 7) is 0. The molecule has 0 atom stereocenters. The van der Waals surface area contributed by atoms with Crippen LogP contribution >= 0.6 is 0 Å². The fraction of sp³-hybridized carbons (Fsp3) is 0.273. The van der Waals surface area contributed by atoms with Gasteiger partial charge in [-0.3, -0.25) is 0 Å². The Morgan fingerprint density at radius 3 is 1.46 bits per heavy atom. The molecule has 0 bridgehead atoms. The van der Waals surface area contributed by atoms with Gasteiger partial charge in [-0.05, 0) is 61.1 Å². The lowest BCUT2D eigenvalue weighted by atomic mass is 9.88. The Hall–Kier alpha value is -2.48. The Kier molecular flexibility index (Phi) is 5.37. The molecule has 0 spiro atoms. The summed E-state index contributed by atoms with van der Waals surface area (Å²) in [6.07, 6.45) is 9.31. The number of hydrogen-bond donors (Lipinski definition) is 0. The lowest BCUT2D eigenvalue weighted by molar-refractivity contribution is 0.414. The fourth-order valence-electron chi connectivity index (χ4n) is 3.13. The van der Waals surface area contributed by atoms with E-state index in [-0.39, 0.29) is 0 Å². The second kappa shape index (κ2) is 7.87. The van der Waals surface area contributed by atoms with Crippen LogP contribution in [0.2, 0.25) is 0 Å². The van der Waals surface area contributed by atoms with Crippen molar-refractivity contribution in [2.45, 2.75) is 25.7 Å². The van der Waals surface area contributed by atoms with Crippen molar-refractivity contribution in [2.24, 2.45) is 0 Å². The first-order valence-corrected chi connectivity index (χ1v) is 8.44. The van der Waals surface area contributed by atoms with E-state index in [1.165, 1.54) is 41.5 Å². The third-order valence-electron chi connectivity index (χ3n) is 4.42. The summed E-state index contributed by atoms with van der Waals surface area (Å²) in [6, 6.07) is 16.5. The number of ether oxygens (including phenoxy) is 2. The minimum Gasteiger partial charge on any atom is -0.497 e. The Morgan fingerprint density at radius 2 is 1.08 bits per heavy atom. The van der Waals surface area contributed by atoms with E-state index in [1.807, 2.05) is 24.3 Å². The van der Waals surface area contributed by atoms with Crippen molar-refractivity contribution in [1.82, 2.24) is 0 Å². The largest absolute Gasteiger partial charge is 0.497 e. The number of methoxy groups -OCH3 is 2. The summed E-state index contributed by atoms with van der Waals surface area (Å²) in [5.41, 5.74) is 5.50. The van der Waals surface area contributed by atoms with Gasteiger partial charge in [0.05, 0.1) is 14.2 Å². The second-order valence-electron chi connectivity index (χ2n) is 6.18. The van der Waals surface area contributed by atoms with Gasteiger partial charge in [0.2, 0.25) is 0 Å². The highest BCUT2D eigenvalue weighted by Gasteiger charge is 2.10. The lowest BCUT2D eigenvalue weighted by Gasteiger charge is -2.18. The summed E-state index contributed by atoms with van der Waals surface area (Å²) in [4.78, 5) is 0. The summed E-state index contributed by atoms with van der Waals surface area (Å²) < 4.78 is 10.4. The summed E-state index contributed by atoms with van der Waals surface area (Å²) in [7, 11) is 3.40. The van der Waals surface area contributed by atoms with Gasteiger partial charge in [-0.2, -0.15) is 0 Å². The second-order valence-corrected chi connectivity index (χ2v) is 6.18. The van der Waals surface area contributed by atoms with Gasteiger partial charge >= 0.3 is 0 Å². The number of hydrogen-bond acceptors (Lipinski definition) is 2. The standard InChI is InChI=1S/C22H24O2/c1-23-21-10-6-17(7-11-21)14-19-4-3-5-20(16-19)15-18-8-12-22(24-2)13-9-18/h6-15H,3-5,16H2,1-2H3. The SMILES string of the molecule is COc1ccc(C=C2CCCC(=Cc3ccc(OC)cc3)C2)cc1. The topological polar surface area (TPSA) is 18.5 Å². The molecule has 3 rings (SSSR count). The molecule has 0 unspecified atom stereocenters. The van der Waals surface area contributed by atoms with Crippen LogP contribution in [0, 0.1) is 0 Å². The molecule has 2 aromatic carbocycles. The first kappa shape index (κ1) is 16.4. The Labute approximate surface area is 144 Å². The van der Waals surface area contributed by atoms with Crippen LogP contribution in [0.3, 0.4) is 0 Å². The lowest BCUT2D eigenvalue weighted by Crippen LogP contribution is -1.98. The molecule has 1 saturated carbocycles. The summed E-state index contributed by atoms with van der Waals surface area (Å²) in [5.74, 6) is 1.81. The molecule has 2 nitrogen and oxygen atoms in total. The van der Waals surface area contributed by atoms with E-state index in [1.54, 1.807) is 14.2 Å². The summed E-state index contributed by atoms with van der Waals surface area (Å²) in [5, 5.41) is 0. The molecule has 0 aromatic heterocycles. The van der Waals surface area contributed by atoms with Crippen molar-refractivity contribution in [3.63, 3.8) is 0 Å². The van der Waals surface area contributed by atoms with E-state index in [4.69, 9.17) is 9.47 Å². The van der Waals surface area contributed by atoms with Gasteiger partial charge in [-0.25, -0.2) is 0 Å². The van der Waals surface area contributed by atoms with E-state index in [0.29, 0.717) is 0 Å². The van der Waals surface area contributed by atoms with Crippen LogP contribution in [0.1, 0.15) is 36.8 Å². The quantitative estimate of drug-likeness (QED) is 0.714. The number of benzene rings is 2. The van der Waals surface area contributed by atoms with Crippen LogP contribution in [0.15, 0.2) is 59.7 Å². The van der Waals surface area contributed by atoms with Crippen molar-refractivity contribution in [3.8, 4) is 11.5 Å². The van der Waals surface area contributed by atoms with Gasteiger partial charge < -0.3 is 9.47 Å². The molecule has 0 aliphatic heterocycles. The molecule has 0 N–H and O–H groups in total. The van der Waals surface area contributed by atoms with Crippen molar-refractivity contribution in [3.05, 3.63) is 70.8 Å². The van der Waals surface area contributed by atoms with Gasteiger partial charge in [-0.15, -0.1) is 0 Å². The molecule has 0 amide bonds. The molecular weight excluding hydrogens is 296 g/mol. The zero-order valence-electron chi connectivity index (χ0n) is 14.4. The maximum Gasteiger partial charge on any atom is 0.118 e. The Balaban J connectivity index is 1.72. The molecule has 0 heterocycles. The van der Waals surface area contributed by atoms with Crippen LogP contribution in [0.5, 0.6) is 11.5 Å². The first-order chi connectivity index (χ1) is 11.8. The average Bonchev–Trinajstić information content (AvgIpc) is 2.63. The molecule has 1 aliphatic rings. The molecule has 2 aromatic rings. The Morgan fingerprint density at radius 1 is 0.667 bits per heavy atom. The maximum absolute atomic E-state index is 5.22. The minimum atomic E-state index is 0.904. The fourth-order valence-corrected chi connectivity index (χ4v) is 3.13. The predicted molar refractivity (Wildman–Crippen MR) is 100 cm³/mol. The Bertz CT molecular complexity index is 658. The van der Waals surface area contributed by atoms with Gasteiger partial charge in [0.1, 0.15) is 11.5 Å². The van der Waals surface area contributed by atoms with Crippen molar-refractivity contribution >= 4 is 12.2 Å². The predicted octanol–water partition coefficient (Wildman–Crippen LogP) is 5.74. The molecular formula is C22H24O2. The highest BCUT2D eigenvalue weighted by atomic mass is 16.5. The van der Waals surface area contributed by atoms with Crippen molar-refractivity contribution in [2.75, 3.05) is 14.2 Å². The van der Waals surface area contributed by atoms with Crippen molar-refractivity contribution < 1.29 is 9.47 Å². The molecule has 1 fully saturated rings. The minimum absolute atomic E-state index is 0.904. The molecule has 1 aliphatic carbocycles. The highest BCUT2D eigenvalue weighted by Crippen LogP contribution is 2.31. The highest BCUT2D eigenvalue weighted by molar-refractivity contribution is 5.59. The van der Waals surface area contributed by atoms with Gasteiger partial charge in [-0.1, -0.05) is 47.6 Å². The summed E-state index contributed by atoms with van der Waals surface area (Å²) >= 11 is 0. The van der Waals surface area contributed by atoms with Gasteiger partial charge in [0, 0.05) is 0 Å². The van der Waals surface area contributed by atoms with E-state index >= 15 is 0 Å². The van der Waals surface area contributed by atoms with E-state index in [2.05, 4.69) is 36.4 Å². The maximum atomic E-state index is 5.22. The van der Waals surface area contributed by atoms with Crippen LogP contribution in [0.25, 0.3) is 12.2 Å². The van der Waals surface area contributed by atoms with Crippen molar-refractivity contribution in [1.29, 1.82) is 0 Å². The van der Waals surface area contributed by atoms with E-state index in [9.17, 15) is 0 Å². The molecule has 2 heteroatoms. The van der Waals surface area contributed by atoms with Crippen LogP contribution in [-0.2, 0) is 0 Å². The van der Waals surface area contributed by atoms with Crippen LogP contribution in [-0.4, -0.2) is 14.2 Å². The zero-order valence-corrected chi connectivity index (χ0v) is 14.4. The first-order valence-electron chi connectivity index (χ1n) is 8.44. The monoisotopic (exact) mass is 320 g/mol. The molecule has 124 valence electrons. The molecule has 0 saturated heterocycles. The zero-order chi connectivity index (χ0) is 16.8. The molecule has 0 radical (unpaired) electrons. The smallest absolute Gasteiger partial charge is 0.118 e. The van der Waals surface area contributed by atoms with E-state index < -0.39 is 0 Å². The third kappa shape index (κ3) is 4.29. The number of allylic oxidation sites excluding steroid dienone is 2. The van der Waals surface area contributed by atoms with Crippen LogP contribution < -0.4 is 9.47 Å². The van der Waals surface area contributed by atoms with Gasteiger partial charge in [0.25, 0.3) is 0 Å². The van der Waals surface area contributed by atoms with E-state index in [0.717, 1.165) is 17.9 Å². The number of rotatable bonds is 4. The van der Waals surface area contributed by atoms with Gasteiger partial charge in [0.15, 0.2) is 0 Å².